The van der Waals surface area contributed by atoms with E-state index >= 15 is 0 Å². The number of hydrogen-bond donors (Lipinski definition) is 14. The number of carbonyl (C=O) groups excluding carboxylic acids is 2. The molecule has 5 saturated heterocycles. The van der Waals surface area contributed by atoms with E-state index in [1.807, 2.05) is 0 Å². The van der Waals surface area contributed by atoms with Crippen LogP contribution in [0.4, 0.5) is 0 Å². The maximum atomic E-state index is 12.5. The third-order valence-corrected chi connectivity index (χ3v) is 12.1. The van der Waals surface area contributed by atoms with Gasteiger partial charge in [-0.25, -0.2) is 0 Å². The minimum Gasteiger partial charge on any atom is -0.394 e. The van der Waals surface area contributed by atoms with E-state index in [1.165, 1.54) is 27.9 Å². The number of amides is 2. The zero-order valence-corrected chi connectivity index (χ0v) is 35.4. The Morgan fingerprint density at radius 3 is 1.17 bits per heavy atom. The highest BCUT2D eigenvalue weighted by Crippen LogP contribution is 2.38. The van der Waals surface area contributed by atoms with E-state index < -0.39 is 198 Å². The molecule has 0 spiro atoms. The summed E-state index contributed by atoms with van der Waals surface area (Å²) in [6.45, 7) is 1.54. The summed E-state index contributed by atoms with van der Waals surface area (Å²) in [6.07, 6.45) is -29.0. The Morgan fingerprint density at radius 1 is 0.476 bits per heavy atom. The van der Waals surface area contributed by atoms with Crippen LogP contribution in [-0.2, 0) is 57.0 Å². The van der Waals surface area contributed by atoms with Crippen LogP contribution in [-0.4, -0.2) is 249 Å². The molecule has 0 aromatic heterocycles. The lowest BCUT2D eigenvalue weighted by molar-refractivity contribution is -0.374. The Bertz CT molecular complexity index is 1450. The maximum absolute atomic E-state index is 12.5. The van der Waals surface area contributed by atoms with Crippen molar-refractivity contribution in [1.82, 2.24) is 10.6 Å². The van der Waals surface area contributed by atoms with Crippen molar-refractivity contribution in [2.24, 2.45) is 17.6 Å². The second-order valence-corrected chi connectivity index (χ2v) is 16.5. The number of nitrogens with two attached hydrogens (primary N) is 1. The second-order valence-electron chi connectivity index (χ2n) is 16.5. The van der Waals surface area contributed by atoms with Crippen LogP contribution in [0, 0.1) is 11.8 Å². The van der Waals surface area contributed by atoms with Crippen molar-refractivity contribution in [1.29, 1.82) is 0 Å². The van der Waals surface area contributed by atoms with Crippen molar-refractivity contribution in [3.05, 3.63) is 0 Å². The minimum atomic E-state index is -1.77. The summed E-state index contributed by atoms with van der Waals surface area (Å²) in [5.41, 5.74) is 6.01. The third kappa shape index (κ3) is 11.3. The average molecular weight is 920 g/mol. The summed E-state index contributed by atoms with van der Waals surface area (Å²) in [5.74, 6) is -3.24. The Morgan fingerprint density at radius 2 is 0.794 bits per heavy atom. The van der Waals surface area contributed by atoms with Gasteiger partial charge < -0.3 is 120 Å². The summed E-state index contributed by atoms with van der Waals surface area (Å²) in [5, 5.41) is 123. The van der Waals surface area contributed by atoms with Crippen molar-refractivity contribution in [2.45, 2.75) is 169 Å². The third-order valence-electron chi connectivity index (χ3n) is 12.1. The monoisotopic (exact) mass is 919 g/mol. The zero-order chi connectivity index (χ0) is 46.6. The lowest BCUT2D eigenvalue weighted by Gasteiger charge is -2.51. The van der Waals surface area contributed by atoms with Gasteiger partial charge in [-0.2, -0.15) is 0 Å². The van der Waals surface area contributed by atoms with Crippen LogP contribution in [0.3, 0.4) is 0 Å². The Kier molecular flexibility index (Phi) is 18.8. The lowest BCUT2D eigenvalue weighted by atomic mass is 9.90. The van der Waals surface area contributed by atoms with Gasteiger partial charge in [0.25, 0.3) is 0 Å². The van der Waals surface area contributed by atoms with Gasteiger partial charge in [-0.3, -0.25) is 9.59 Å². The molecule has 5 fully saturated rings. The van der Waals surface area contributed by atoms with Gasteiger partial charge in [-0.05, 0) is 0 Å². The Hall–Kier alpha value is -1.94. The molecule has 2 amide bonds. The fourth-order valence-corrected chi connectivity index (χ4v) is 8.46. The molecule has 0 aromatic carbocycles. The summed E-state index contributed by atoms with van der Waals surface area (Å²) in [7, 11) is 1.27. The highest BCUT2D eigenvalue weighted by atomic mass is 16.8. The molecule has 26 nitrogen and oxygen atoms in total. The van der Waals surface area contributed by atoms with Crippen molar-refractivity contribution in [3.63, 3.8) is 0 Å². The predicted octanol–water partition coefficient (Wildman–Crippen LogP) is -8.47. The van der Waals surface area contributed by atoms with E-state index in [2.05, 4.69) is 10.6 Å². The Balaban J connectivity index is 1.29. The van der Waals surface area contributed by atoms with Gasteiger partial charge in [0, 0.05) is 32.8 Å². The first-order valence-electron chi connectivity index (χ1n) is 20.7. The van der Waals surface area contributed by atoms with Gasteiger partial charge in [0.2, 0.25) is 11.8 Å². The molecule has 25 atom stereocenters. The maximum Gasteiger partial charge on any atom is 0.217 e. The molecule has 0 radical (unpaired) electrons. The van der Waals surface area contributed by atoms with Crippen molar-refractivity contribution >= 4 is 11.8 Å². The first-order chi connectivity index (χ1) is 29.8. The molecule has 0 saturated carbocycles. The van der Waals surface area contributed by atoms with Crippen LogP contribution in [0.1, 0.15) is 27.7 Å². The molecule has 0 bridgehead atoms. The number of aliphatic hydroxyl groups excluding tert-OH is 11. The fourth-order valence-electron chi connectivity index (χ4n) is 8.46. The van der Waals surface area contributed by atoms with Crippen LogP contribution in [0.15, 0.2) is 0 Å². The van der Waals surface area contributed by atoms with E-state index in [0.29, 0.717) is 0 Å². The van der Waals surface area contributed by atoms with Gasteiger partial charge in [0.15, 0.2) is 31.5 Å². The molecule has 5 aliphatic rings. The number of aliphatic hydroxyl groups is 11. The standard InChI is InChI=1S/C37H65N3O23/c1-11-23(48)29(62-35-20(38)26(51)25(50)15(6-41)55-35)16(7-42)56-33(11)61-32-19(10-45)59-37(22(28(32)53)40-14(4)47)63-30-17(8-43)57-34(12(2)24(30)49)60-31-18(9-44)58-36(54-5)21(27(31)52)39-13(3)46/h11-12,15-37,41-45,48-53H,6-10,38H2,1-5H3,(H,39,46)(H,40,47)/t11-,12-,15-,16?,17?,18?,19?,20?,21+,22+,23+,24+,25+,26?,27?,28?,29?,30?,31-,32-,33?,34?,35-,36-,37+/m0/s1. The number of methoxy groups -OCH3 is 1. The molecule has 5 aliphatic heterocycles. The normalized spacial score (nSPS) is 48.4. The molecule has 366 valence electrons. The molecule has 5 heterocycles. The van der Waals surface area contributed by atoms with Crippen molar-refractivity contribution in [3.8, 4) is 0 Å². The smallest absolute Gasteiger partial charge is 0.217 e. The first kappa shape index (κ1) is 52.0. The molecule has 15 N–H and O–H groups in total. The number of ether oxygens (including phenoxy) is 10. The first-order valence-corrected chi connectivity index (χ1v) is 20.7. The summed E-state index contributed by atoms with van der Waals surface area (Å²) >= 11 is 0. The number of carbonyl (C=O) groups is 2. The Labute approximate surface area is 361 Å². The number of rotatable bonds is 16. The average Bonchev–Trinajstić information content (AvgIpc) is 3.25. The van der Waals surface area contributed by atoms with Gasteiger partial charge in [0.1, 0.15) is 91.4 Å². The molecule has 0 aromatic rings. The van der Waals surface area contributed by atoms with Gasteiger partial charge in [-0.15, -0.1) is 0 Å². The SMILES string of the molecule is CO[C@H]1OC(CO)[C@H](OC2OC(CO)C(O[C@H]3OC(CO)[C@H](OC4OC(CO)C(O[C@@H]5O[C@@H](CO)[C@@H](O)C(O)C5N)[C@H](O)[C@@H]4C)C(O)[C@H]3NC(C)=O)[C@H](O)[C@@H]2C)C(O)[C@H]1NC(C)=O. The molecular weight excluding hydrogens is 854 g/mol. The fraction of sp³-hybridized carbons (Fsp3) is 0.946. The highest BCUT2D eigenvalue weighted by Gasteiger charge is 2.56. The number of nitrogens with one attached hydrogen (secondary N) is 2. The van der Waals surface area contributed by atoms with E-state index in [0.717, 1.165) is 6.92 Å². The van der Waals surface area contributed by atoms with E-state index in [4.69, 9.17) is 53.1 Å². The number of hydrogen-bond acceptors (Lipinski definition) is 24. The second kappa shape index (κ2) is 22.7. The van der Waals surface area contributed by atoms with Crippen molar-refractivity contribution < 1.29 is 113 Å². The van der Waals surface area contributed by atoms with Gasteiger partial charge >= 0.3 is 0 Å². The van der Waals surface area contributed by atoms with Crippen LogP contribution in [0.2, 0.25) is 0 Å². The molecule has 12 unspecified atom stereocenters. The molecule has 26 heteroatoms. The van der Waals surface area contributed by atoms with Crippen LogP contribution in [0.25, 0.3) is 0 Å². The molecule has 63 heavy (non-hydrogen) atoms. The van der Waals surface area contributed by atoms with E-state index in [9.17, 15) is 65.8 Å². The van der Waals surface area contributed by atoms with Gasteiger partial charge in [0.05, 0.1) is 51.3 Å². The molecule has 5 rings (SSSR count). The quantitative estimate of drug-likeness (QED) is 0.0683. The zero-order valence-electron chi connectivity index (χ0n) is 35.4. The van der Waals surface area contributed by atoms with Crippen LogP contribution < -0.4 is 16.4 Å². The van der Waals surface area contributed by atoms with E-state index in [1.54, 1.807) is 0 Å². The summed E-state index contributed by atoms with van der Waals surface area (Å²) < 4.78 is 58.6. The molecular formula is C37H65N3O23. The minimum absolute atomic E-state index is 0.524. The van der Waals surface area contributed by atoms with Crippen molar-refractivity contribution in [2.75, 3.05) is 40.1 Å². The molecule has 0 aliphatic carbocycles. The highest BCUT2D eigenvalue weighted by molar-refractivity contribution is 5.73. The summed E-state index contributed by atoms with van der Waals surface area (Å²) in [4.78, 5) is 24.4. The summed E-state index contributed by atoms with van der Waals surface area (Å²) in [6, 6.07) is -3.98. The predicted molar refractivity (Wildman–Crippen MR) is 203 cm³/mol. The van der Waals surface area contributed by atoms with Gasteiger partial charge in [-0.1, -0.05) is 13.8 Å². The lowest BCUT2D eigenvalue weighted by Crippen LogP contribution is -2.69. The largest absolute Gasteiger partial charge is 0.394 e. The van der Waals surface area contributed by atoms with Crippen LogP contribution >= 0.6 is 0 Å². The van der Waals surface area contributed by atoms with E-state index in [-0.39, 0.29) is 0 Å². The van der Waals surface area contributed by atoms with Crippen LogP contribution in [0.5, 0.6) is 0 Å². The topological polar surface area (TPSA) is 399 Å².